The molecule has 5 nitrogen and oxygen atoms in total. The van der Waals surface area contributed by atoms with Crippen LogP contribution in [0.25, 0.3) is 0 Å². The van der Waals surface area contributed by atoms with Crippen LogP contribution in [0.4, 0.5) is 0 Å². The third kappa shape index (κ3) is 1.21. The third-order valence-corrected chi connectivity index (χ3v) is 2.58. The summed E-state index contributed by atoms with van der Waals surface area (Å²) in [6.07, 6.45) is 2.00. The van der Waals surface area contributed by atoms with E-state index in [0.29, 0.717) is 12.0 Å². The average Bonchev–Trinajstić information content (AvgIpc) is 2.48. The van der Waals surface area contributed by atoms with Crippen molar-refractivity contribution in [2.45, 2.75) is 12.8 Å². The molecule has 0 spiro atoms. The maximum atomic E-state index is 11.5. The van der Waals surface area contributed by atoms with E-state index in [1.807, 2.05) is 0 Å². The van der Waals surface area contributed by atoms with Gasteiger partial charge in [-0.15, -0.1) is 0 Å². The highest BCUT2D eigenvalue weighted by Gasteiger charge is 2.31. The largest absolute Gasteiger partial charge is 0.481 e. The van der Waals surface area contributed by atoms with E-state index >= 15 is 0 Å². The predicted octanol–water partition coefficient (Wildman–Crippen LogP) is 0.250. The minimum atomic E-state index is -0.912. The first-order valence-corrected chi connectivity index (χ1v) is 4.36. The van der Waals surface area contributed by atoms with Crippen LogP contribution in [-0.2, 0) is 18.3 Å². The Morgan fingerprint density at radius 1 is 1.64 bits per heavy atom. The smallest absolute Gasteiger partial charge is 0.307 e. The van der Waals surface area contributed by atoms with Gasteiger partial charge >= 0.3 is 5.97 Å². The van der Waals surface area contributed by atoms with E-state index in [1.54, 1.807) is 11.7 Å². The van der Waals surface area contributed by atoms with E-state index in [-0.39, 0.29) is 12.2 Å². The molecular formula is C9H10N2O3. The van der Waals surface area contributed by atoms with E-state index in [4.69, 9.17) is 5.11 Å². The van der Waals surface area contributed by atoms with E-state index in [9.17, 15) is 9.59 Å². The van der Waals surface area contributed by atoms with Gasteiger partial charge < -0.3 is 5.11 Å². The summed E-state index contributed by atoms with van der Waals surface area (Å²) in [6, 6.07) is 0. The Morgan fingerprint density at radius 2 is 2.36 bits per heavy atom. The van der Waals surface area contributed by atoms with Crippen molar-refractivity contribution in [1.29, 1.82) is 0 Å². The molecule has 0 amide bonds. The summed E-state index contributed by atoms with van der Waals surface area (Å²) in [5, 5.41) is 12.8. The van der Waals surface area contributed by atoms with Gasteiger partial charge in [0.25, 0.3) is 0 Å². The van der Waals surface area contributed by atoms with Crippen LogP contribution in [0.15, 0.2) is 6.20 Å². The number of carbonyl (C=O) groups is 2. The predicted molar refractivity (Wildman–Crippen MR) is 47.0 cm³/mol. The highest BCUT2D eigenvalue weighted by molar-refractivity contribution is 6.00. The number of aromatic nitrogens is 2. The number of nitrogens with zero attached hydrogens (tertiary/aromatic N) is 2. The second kappa shape index (κ2) is 2.94. The number of Topliss-reactive ketones (excluding diaryl/α,β-unsaturated/α-hetero) is 1. The molecule has 5 heteroatoms. The number of fused-ring (bicyclic) bond motifs is 1. The Balaban J connectivity index is 2.40. The zero-order chi connectivity index (χ0) is 10.3. The number of aryl methyl sites for hydroxylation is 1. The summed E-state index contributed by atoms with van der Waals surface area (Å²) < 4.78 is 1.57. The Bertz CT molecular complexity index is 408. The number of hydrogen-bond acceptors (Lipinski definition) is 3. The number of ketones is 1. The number of carboxylic acids is 1. The van der Waals surface area contributed by atoms with Crippen molar-refractivity contribution < 1.29 is 14.7 Å². The molecule has 14 heavy (non-hydrogen) atoms. The molecule has 74 valence electrons. The zero-order valence-electron chi connectivity index (χ0n) is 7.73. The monoisotopic (exact) mass is 194 g/mol. The molecule has 1 atom stereocenters. The molecule has 1 aromatic heterocycles. The molecule has 0 radical (unpaired) electrons. The van der Waals surface area contributed by atoms with Gasteiger partial charge in [0.1, 0.15) is 0 Å². The van der Waals surface area contributed by atoms with Gasteiger partial charge in [-0.05, 0) is 0 Å². The van der Waals surface area contributed by atoms with Crippen molar-refractivity contribution >= 4 is 11.8 Å². The van der Waals surface area contributed by atoms with Gasteiger partial charge in [0, 0.05) is 25.6 Å². The van der Waals surface area contributed by atoms with Crippen molar-refractivity contribution in [2.24, 2.45) is 13.0 Å². The molecule has 0 saturated heterocycles. The van der Waals surface area contributed by atoms with Crippen LogP contribution >= 0.6 is 0 Å². The van der Waals surface area contributed by atoms with E-state index in [0.717, 1.165) is 5.69 Å². The fourth-order valence-corrected chi connectivity index (χ4v) is 1.75. The Morgan fingerprint density at radius 3 is 3.00 bits per heavy atom. The number of aliphatic carboxylic acids is 1. The van der Waals surface area contributed by atoms with Gasteiger partial charge in [0.2, 0.25) is 0 Å². The molecule has 1 aromatic rings. The summed E-state index contributed by atoms with van der Waals surface area (Å²) in [5.74, 6) is -1.62. The lowest BCUT2D eigenvalue weighted by molar-refractivity contribution is -0.141. The summed E-state index contributed by atoms with van der Waals surface area (Å²) >= 11 is 0. The Kier molecular flexibility index (Phi) is 1.87. The van der Waals surface area contributed by atoms with Crippen LogP contribution in [0.5, 0.6) is 0 Å². The fraction of sp³-hybridized carbons (Fsp3) is 0.444. The maximum Gasteiger partial charge on any atom is 0.307 e. The van der Waals surface area contributed by atoms with Crippen LogP contribution < -0.4 is 0 Å². The van der Waals surface area contributed by atoms with Crippen molar-refractivity contribution in [3.05, 3.63) is 17.5 Å². The molecule has 0 aromatic carbocycles. The minimum absolute atomic E-state index is 0.0913. The lowest BCUT2D eigenvalue weighted by atomic mass is 9.87. The maximum absolute atomic E-state index is 11.5. The van der Waals surface area contributed by atoms with Crippen LogP contribution in [0.2, 0.25) is 0 Å². The van der Waals surface area contributed by atoms with Crippen LogP contribution in [-0.4, -0.2) is 26.6 Å². The molecule has 0 bridgehead atoms. The molecule has 0 fully saturated rings. The van der Waals surface area contributed by atoms with Crippen LogP contribution in [0.1, 0.15) is 22.5 Å². The molecule has 0 saturated carbocycles. The van der Waals surface area contributed by atoms with Gasteiger partial charge in [0.15, 0.2) is 5.78 Å². The second-order valence-corrected chi connectivity index (χ2v) is 3.50. The van der Waals surface area contributed by atoms with Crippen LogP contribution in [0.3, 0.4) is 0 Å². The fourth-order valence-electron chi connectivity index (χ4n) is 1.75. The first-order valence-electron chi connectivity index (χ1n) is 4.36. The second-order valence-electron chi connectivity index (χ2n) is 3.50. The number of rotatable bonds is 1. The average molecular weight is 194 g/mol. The first-order chi connectivity index (χ1) is 6.59. The van der Waals surface area contributed by atoms with Crippen molar-refractivity contribution in [1.82, 2.24) is 9.78 Å². The van der Waals surface area contributed by atoms with Gasteiger partial charge in [-0.25, -0.2) is 0 Å². The summed E-state index contributed by atoms with van der Waals surface area (Å²) in [4.78, 5) is 22.3. The molecule has 1 aliphatic carbocycles. The summed E-state index contributed by atoms with van der Waals surface area (Å²) in [7, 11) is 1.72. The molecular weight excluding hydrogens is 184 g/mol. The number of hydrogen-bond donors (Lipinski definition) is 1. The van der Waals surface area contributed by atoms with Gasteiger partial charge in [-0.2, -0.15) is 5.10 Å². The lowest BCUT2D eigenvalue weighted by Gasteiger charge is -2.17. The van der Waals surface area contributed by atoms with Crippen molar-refractivity contribution in [2.75, 3.05) is 0 Å². The first kappa shape index (κ1) is 8.93. The highest BCUT2D eigenvalue weighted by Crippen LogP contribution is 2.24. The number of carboxylic acid groups (broad SMARTS) is 1. The normalized spacial score (nSPS) is 20.6. The van der Waals surface area contributed by atoms with Crippen LogP contribution in [0, 0.1) is 5.92 Å². The van der Waals surface area contributed by atoms with Gasteiger partial charge in [-0.1, -0.05) is 0 Å². The zero-order valence-corrected chi connectivity index (χ0v) is 7.73. The molecule has 1 aliphatic rings. The highest BCUT2D eigenvalue weighted by atomic mass is 16.4. The molecule has 2 rings (SSSR count). The molecule has 1 heterocycles. The Hall–Kier alpha value is -1.65. The molecule has 0 aliphatic heterocycles. The lowest BCUT2D eigenvalue weighted by Crippen LogP contribution is -2.26. The van der Waals surface area contributed by atoms with Gasteiger partial charge in [-0.3, -0.25) is 14.3 Å². The minimum Gasteiger partial charge on any atom is -0.481 e. The molecule has 1 unspecified atom stereocenters. The summed E-state index contributed by atoms with van der Waals surface area (Å²) in [6.45, 7) is 0. The van der Waals surface area contributed by atoms with Crippen molar-refractivity contribution in [3.63, 3.8) is 0 Å². The van der Waals surface area contributed by atoms with E-state index in [1.165, 1.54) is 6.20 Å². The van der Waals surface area contributed by atoms with E-state index in [2.05, 4.69) is 5.10 Å². The number of carbonyl (C=O) groups excluding carboxylic acids is 1. The Labute approximate surface area is 80.3 Å². The van der Waals surface area contributed by atoms with E-state index < -0.39 is 11.9 Å². The topological polar surface area (TPSA) is 72.2 Å². The third-order valence-electron chi connectivity index (χ3n) is 2.58. The SMILES string of the molecule is Cn1ncc2c1CC(C(=O)O)CC2=O. The molecule has 1 N–H and O–H groups in total. The van der Waals surface area contributed by atoms with Gasteiger partial charge in [0.05, 0.1) is 17.7 Å². The van der Waals surface area contributed by atoms with Crippen molar-refractivity contribution in [3.8, 4) is 0 Å². The quantitative estimate of drug-likeness (QED) is 0.695. The standard InChI is InChI=1S/C9H10N2O3/c1-11-7-2-5(9(13)14)3-8(12)6(7)4-10-11/h4-5H,2-3H2,1H3,(H,13,14). The summed E-state index contributed by atoms with van der Waals surface area (Å²) in [5.41, 5.74) is 1.30.